The Morgan fingerprint density at radius 1 is 0.765 bits per heavy atom. The summed E-state index contributed by atoms with van der Waals surface area (Å²) in [6.45, 7) is 5.73. The first kappa shape index (κ1) is 25.6. The average molecular weight is 461 g/mol. The molecule has 3 aromatic carbocycles. The van der Waals surface area contributed by atoms with Crippen molar-refractivity contribution in [2.75, 3.05) is 26.3 Å². The summed E-state index contributed by atoms with van der Waals surface area (Å²) in [4.78, 5) is 15.4. The largest absolute Gasteiger partial charge is 0.351 e. The molecule has 1 amide bonds. The zero-order valence-electron chi connectivity index (χ0n) is 20.2. The van der Waals surface area contributed by atoms with Gasteiger partial charge in [-0.2, -0.15) is 0 Å². The maximum absolute atomic E-state index is 13.6. The molecule has 0 heterocycles. The molecule has 0 aromatic heterocycles. The maximum atomic E-state index is 13.6. The lowest BCUT2D eigenvalue weighted by Crippen LogP contribution is -2.44. The molecular weight excluding hydrogens is 424 g/mol. The van der Waals surface area contributed by atoms with Crippen LogP contribution < -0.4 is 5.73 Å². The molecule has 1 atom stereocenters. The fraction of sp³-hybridized carbons (Fsp3) is 0.345. The molecule has 3 aromatic rings. The Labute approximate surface area is 203 Å². The summed E-state index contributed by atoms with van der Waals surface area (Å²) in [5.41, 5.74) is 9.66. The minimum absolute atomic E-state index is 0.129. The number of benzene rings is 3. The van der Waals surface area contributed by atoms with Gasteiger partial charge in [-0.3, -0.25) is 4.79 Å². The van der Waals surface area contributed by atoms with Gasteiger partial charge in [-0.25, -0.2) is 0 Å². The van der Waals surface area contributed by atoms with Crippen molar-refractivity contribution in [3.63, 3.8) is 0 Å². The molecule has 0 fully saturated rings. The van der Waals surface area contributed by atoms with E-state index in [4.69, 9.17) is 15.2 Å². The van der Waals surface area contributed by atoms with Gasteiger partial charge in [-0.15, -0.1) is 0 Å². The molecule has 0 spiro atoms. The monoisotopic (exact) mass is 460 g/mol. The number of hydrogen-bond donors (Lipinski definition) is 1. The summed E-state index contributed by atoms with van der Waals surface area (Å²) in [7, 11) is 0. The molecule has 0 bridgehead atoms. The van der Waals surface area contributed by atoms with Gasteiger partial charge in [0.05, 0.1) is 6.54 Å². The Kier molecular flexibility index (Phi) is 10.3. The fourth-order valence-corrected chi connectivity index (χ4v) is 4.18. The van der Waals surface area contributed by atoms with Crippen LogP contribution in [0, 0.1) is 0 Å². The topological polar surface area (TPSA) is 64.8 Å². The van der Waals surface area contributed by atoms with Crippen molar-refractivity contribution in [3.05, 3.63) is 108 Å². The molecule has 0 aliphatic rings. The Bertz CT molecular complexity index is 921. The van der Waals surface area contributed by atoms with E-state index >= 15 is 0 Å². The van der Waals surface area contributed by atoms with E-state index in [1.165, 1.54) is 11.1 Å². The van der Waals surface area contributed by atoms with Crippen molar-refractivity contribution in [1.82, 2.24) is 4.90 Å². The van der Waals surface area contributed by atoms with Gasteiger partial charge in [0, 0.05) is 25.7 Å². The van der Waals surface area contributed by atoms with Gasteiger partial charge >= 0.3 is 0 Å². The number of amides is 1. The summed E-state index contributed by atoms with van der Waals surface area (Å²) in [6, 6.07) is 29.6. The zero-order chi connectivity index (χ0) is 24.2. The molecule has 0 saturated heterocycles. The van der Waals surface area contributed by atoms with Crippen LogP contribution >= 0.6 is 0 Å². The van der Waals surface area contributed by atoms with Gasteiger partial charge in [0.15, 0.2) is 6.29 Å². The number of hydrogen-bond acceptors (Lipinski definition) is 4. The number of carbonyl (C=O) groups excluding carboxylic acids is 1. The molecule has 0 aliphatic heterocycles. The van der Waals surface area contributed by atoms with Crippen LogP contribution in [0.2, 0.25) is 0 Å². The zero-order valence-corrected chi connectivity index (χ0v) is 20.2. The second-order valence-corrected chi connectivity index (χ2v) is 8.18. The predicted molar refractivity (Wildman–Crippen MR) is 136 cm³/mol. The van der Waals surface area contributed by atoms with Crippen LogP contribution in [0.25, 0.3) is 0 Å². The van der Waals surface area contributed by atoms with E-state index in [1.54, 1.807) is 4.90 Å². The maximum Gasteiger partial charge on any atom is 0.244 e. The highest BCUT2D eigenvalue weighted by Crippen LogP contribution is 2.28. The molecule has 0 aliphatic carbocycles. The van der Waals surface area contributed by atoms with Crippen molar-refractivity contribution in [2.24, 2.45) is 5.73 Å². The van der Waals surface area contributed by atoms with Crippen molar-refractivity contribution < 1.29 is 14.3 Å². The first-order valence-electron chi connectivity index (χ1n) is 12.1. The second-order valence-electron chi connectivity index (χ2n) is 8.18. The summed E-state index contributed by atoms with van der Waals surface area (Å²) >= 11 is 0. The molecule has 3 rings (SSSR count). The van der Waals surface area contributed by atoms with Crippen LogP contribution in [0.5, 0.6) is 0 Å². The second kappa shape index (κ2) is 13.7. The first-order chi connectivity index (χ1) is 16.6. The minimum Gasteiger partial charge on any atom is -0.351 e. The van der Waals surface area contributed by atoms with Crippen LogP contribution in [0.4, 0.5) is 0 Å². The summed E-state index contributed by atoms with van der Waals surface area (Å²) in [5.74, 6) is 0.0266. The Balaban J connectivity index is 1.84. The number of nitrogens with two attached hydrogens (primary N) is 1. The number of carbonyl (C=O) groups is 1. The van der Waals surface area contributed by atoms with Crippen molar-refractivity contribution in [2.45, 2.75) is 38.5 Å². The van der Waals surface area contributed by atoms with Gasteiger partial charge in [0.1, 0.15) is 6.04 Å². The fourth-order valence-electron chi connectivity index (χ4n) is 4.18. The Morgan fingerprint density at radius 3 is 1.65 bits per heavy atom. The highest BCUT2D eigenvalue weighted by molar-refractivity contribution is 5.83. The standard InChI is InChI=1S/C29H36N2O3/c1-3-33-27(34-4-2)22-31(29(32)28(30)25-18-12-7-13-19-25)21-20-26(23-14-8-5-9-15-23)24-16-10-6-11-17-24/h5-19,26-28H,3-4,20-22,30H2,1-2H3. The first-order valence-corrected chi connectivity index (χ1v) is 12.1. The molecule has 0 saturated carbocycles. The number of ether oxygens (including phenoxy) is 2. The molecule has 180 valence electrons. The smallest absolute Gasteiger partial charge is 0.244 e. The van der Waals surface area contributed by atoms with Gasteiger partial charge in [-0.05, 0) is 37.0 Å². The third kappa shape index (κ3) is 7.26. The van der Waals surface area contributed by atoms with E-state index in [1.807, 2.05) is 56.3 Å². The van der Waals surface area contributed by atoms with Crippen LogP contribution in [-0.4, -0.2) is 43.4 Å². The predicted octanol–water partition coefficient (Wildman–Crippen LogP) is 5.14. The van der Waals surface area contributed by atoms with Crippen LogP contribution in [0.15, 0.2) is 91.0 Å². The van der Waals surface area contributed by atoms with E-state index in [0.29, 0.717) is 26.3 Å². The van der Waals surface area contributed by atoms with E-state index < -0.39 is 12.3 Å². The van der Waals surface area contributed by atoms with E-state index in [9.17, 15) is 4.79 Å². The van der Waals surface area contributed by atoms with E-state index in [0.717, 1.165) is 12.0 Å². The van der Waals surface area contributed by atoms with Crippen molar-refractivity contribution >= 4 is 5.91 Å². The van der Waals surface area contributed by atoms with Gasteiger partial charge in [-0.1, -0.05) is 91.0 Å². The lowest BCUT2D eigenvalue weighted by molar-refractivity contribution is -0.159. The molecule has 34 heavy (non-hydrogen) atoms. The Morgan fingerprint density at radius 2 is 1.21 bits per heavy atom. The summed E-state index contributed by atoms with van der Waals surface area (Å²) < 4.78 is 11.5. The van der Waals surface area contributed by atoms with E-state index in [-0.39, 0.29) is 11.8 Å². The van der Waals surface area contributed by atoms with Gasteiger partial charge < -0.3 is 20.1 Å². The minimum atomic E-state index is -0.739. The Hall–Kier alpha value is -2.99. The molecule has 5 nitrogen and oxygen atoms in total. The van der Waals surface area contributed by atoms with Gasteiger partial charge in [0.2, 0.25) is 5.91 Å². The quantitative estimate of drug-likeness (QED) is 0.359. The van der Waals surface area contributed by atoms with Crippen LogP contribution in [0.3, 0.4) is 0 Å². The highest BCUT2D eigenvalue weighted by Gasteiger charge is 2.27. The molecule has 1 unspecified atom stereocenters. The summed E-state index contributed by atoms with van der Waals surface area (Å²) in [5, 5.41) is 0. The van der Waals surface area contributed by atoms with Crippen LogP contribution in [0.1, 0.15) is 48.9 Å². The molecule has 5 heteroatoms. The van der Waals surface area contributed by atoms with Gasteiger partial charge in [0.25, 0.3) is 0 Å². The van der Waals surface area contributed by atoms with Crippen molar-refractivity contribution in [3.8, 4) is 0 Å². The van der Waals surface area contributed by atoms with Crippen molar-refractivity contribution in [1.29, 1.82) is 0 Å². The third-order valence-corrected chi connectivity index (χ3v) is 5.90. The molecular formula is C29H36N2O3. The van der Waals surface area contributed by atoms with E-state index in [2.05, 4.69) is 48.5 Å². The summed E-state index contributed by atoms with van der Waals surface area (Å²) in [6.07, 6.45) is 0.264. The third-order valence-electron chi connectivity index (χ3n) is 5.90. The molecule has 2 N–H and O–H groups in total. The lowest BCUT2D eigenvalue weighted by atomic mass is 9.88. The average Bonchev–Trinajstić information content (AvgIpc) is 2.89. The number of rotatable bonds is 13. The van der Waals surface area contributed by atoms with Crippen LogP contribution in [-0.2, 0) is 14.3 Å². The normalized spacial score (nSPS) is 12.1. The SMILES string of the molecule is CCOC(CN(CCC(c1ccccc1)c1ccccc1)C(=O)C(N)c1ccccc1)OCC. The molecule has 0 radical (unpaired) electrons. The highest BCUT2D eigenvalue weighted by atomic mass is 16.7. The number of nitrogens with zero attached hydrogens (tertiary/aromatic N) is 1. The lowest BCUT2D eigenvalue weighted by Gasteiger charge is -2.31.